The summed E-state index contributed by atoms with van der Waals surface area (Å²) in [6.45, 7) is -0.220. The van der Waals surface area contributed by atoms with Gasteiger partial charge in [-0.1, -0.05) is 12.8 Å². The van der Waals surface area contributed by atoms with Gasteiger partial charge in [-0.05, 0) is 51.9 Å². The molecule has 0 spiro atoms. The van der Waals surface area contributed by atoms with Crippen LogP contribution >= 0.6 is 15.9 Å². The second kappa shape index (κ2) is 6.21. The average molecular weight is 343 g/mol. The molecule has 0 unspecified atom stereocenters. The van der Waals surface area contributed by atoms with Gasteiger partial charge in [-0.3, -0.25) is 10.1 Å². The second-order valence-electron chi connectivity index (χ2n) is 4.78. The molecule has 7 heteroatoms. The van der Waals surface area contributed by atoms with E-state index >= 15 is 0 Å². The molecular formula is C13H13BrNO5-. The Morgan fingerprint density at radius 1 is 1.40 bits per heavy atom. The number of halogens is 1. The standard InChI is InChI=1S/C13H14BrNO5/c14-11-6-10(8-3-1-2-4-8)9(7-20-13(16)17)5-12(11)15(18)19/h5-6,8H,1-4,7H2,(H,16,17)/p-1. The van der Waals surface area contributed by atoms with Gasteiger partial charge < -0.3 is 14.6 Å². The number of ether oxygens (including phenoxy) is 1. The summed E-state index contributed by atoms with van der Waals surface area (Å²) in [6, 6.07) is 3.09. The first-order valence-electron chi connectivity index (χ1n) is 6.29. The minimum Gasteiger partial charge on any atom is -0.545 e. The zero-order valence-electron chi connectivity index (χ0n) is 10.6. The summed E-state index contributed by atoms with van der Waals surface area (Å²) in [4.78, 5) is 20.9. The molecule has 0 aliphatic heterocycles. The summed E-state index contributed by atoms with van der Waals surface area (Å²) < 4.78 is 4.87. The van der Waals surface area contributed by atoms with Crippen molar-refractivity contribution in [3.63, 3.8) is 0 Å². The van der Waals surface area contributed by atoms with Gasteiger partial charge in [0.1, 0.15) is 0 Å². The van der Waals surface area contributed by atoms with E-state index in [0.717, 1.165) is 31.2 Å². The zero-order valence-corrected chi connectivity index (χ0v) is 12.2. The number of carbonyl (C=O) groups excluding carboxylic acids is 1. The van der Waals surface area contributed by atoms with E-state index in [2.05, 4.69) is 20.7 Å². The summed E-state index contributed by atoms with van der Waals surface area (Å²) in [5.74, 6) is 0.299. The second-order valence-corrected chi connectivity index (χ2v) is 5.63. The molecule has 1 saturated carbocycles. The largest absolute Gasteiger partial charge is 0.545 e. The predicted octanol–water partition coefficient (Wildman–Crippen LogP) is 2.87. The van der Waals surface area contributed by atoms with Crippen LogP contribution in [0.5, 0.6) is 0 Å². The third kappa shape index (κ3) is 3.27. The fourth-order valence-corrected chi connectivity index (χ4v) is 3.14. The Balaban J connectivity index is 2.38. The number of hydrogen-bond donors (Lipinski definition) is 0. The molecule has 1 aliphatic rings. The molecule has 0 aromatic heterocycles. The van der Waals surface area contributed by atoms with Crippen molar-refractivity contribution in [3.8, 4) is 0 Å². The average Bonchev–Trinajstić information content (AvgIpc) is 2.90. The van der Waals surface area contributed by atoms with Crippen LogP contribution in [0.2, 0.25) is 0 Å². The van der Waals surface area contributed by atoms with E-state index in [-0.39, 0.29) is 12.3 Å². The molecule has 0 radical (unpaired) electrons. The van der Waals surface area contributed by atoms with Gasteiger partial charge in [0.15, 0.2) is 0 Å². The fourth-order valence-electron chi connectivity index (χ4n) is 2.64. The Morgan fingerprint density at radius 2 is 2.05 bits per heavy atom. The van der Waals surface area contributed by atoms with E-state index in [4.69, 9.17) is 0 Å². The van der Waals surface area contributed by atoms with Crippen LogP contribution in [-0.4, -0.2) is 11.1 Å². The van der Waals surface area contributed by atoms with Crippen LogP contribution in [0.25, 0.3) is 0 Å². The molecule has 0 atom stereocenters. The van der Waals surface area contributed by atoms with Crippen molar-refractivity contribution in [1.29, 1.82) is 0 Å². The Bertz CT molecular complexity index is 540. The van der Waals surface area contributed by atoms with E-state index in [9.17, 15) is 20.0 Å². The Kier molecular flexibility index (Phi) is 4.59. The number of nitro benzene ring substituents is 1. The van der Waals surface area contributed by atoms with Crippen LogP contribution in [0.1, 0.15) is 42.7 Å². The van der Waals surface area contributed by atoms with Crippen LogP contribution < -0.4 is 5.11 Å². The van der Waals surface area contributed by atoms with Crippen molar-refractivity contribution < 1.29 is 19.6 Å². The smallest absolute Gasteiger partial charge is 0.283 e. The molecule has 1 fully saturated rings. The van der Waals surface area contributed by atoms with Crippen molar-refractivity contribution in [3.05, 3.63) is 37.8 Å². The predicted molar refractivity (Wildman–Crippen MR) is 72.2 cm³/mol. The van der Waals surface area contributed by atoms with Crippen molar-refractivity contribution in [1.82, 2.24) is 0 Å². The summed E-state index contributed by atoms with van der Waals surface area (Å²) in [6.07, 6.45) is 2.60. The van der Waals surface area contributed by atoms with E-state index in [1.54, 1.807) is 6.07 Å². The third-order valence-electron chi connectivity index (χ3n) is 3.55. The molecule has 108 valence electrons. The van der Waals surface area contributed by atoms with Gasteiger partial charge in [0.25, 0.3) is 11.8 Å². The van der Waals surface area contributed by atoms with Crippen molar-refractivity contribution in [2.75, 3.05) is 0 Å². The van der Waals surface area contributed by atoms with Crippen LogP contribution in [0.15, 0.2) is 16.6 Å². The number of nitro groups is 1. The molecule has 1 aromatic carbocycles. The number of benzene rings is 1. The lowest BCUT2D eigenvalue weighted by atomic mass is 9.93. The van der Waals surface area contributed by atoms with Gasteiger partial charge >= 0.3 is 0 Å². The van der Waals surface area contributed by atoms with Gasteiger partial charge in [0.05, 0.1) is 16.0 Å². The van der Waals surface area contributed by atoms with E-state index in [0.29, 0.717) is 16.0 Å². The summed E-state index contributed by atoms with van der Waals surface area (Å²) in [5, 5.41) is 21.4. The highest BCUT2D eigenvalue weighted by atomic mass is 79.9. The minimum absolute atomic E-state index is 0.0938. The SMILES string of the molecule is O=C([O-])OCc1cc([N+](=O)[O-])c(Br)cc1C1CCCC1. The van der Waals surface area contributed by atoms with Crippen LogP contribution in [0, 0.1) is 10.1 Å². The van der Waals surface area contributed by atoms with Crippen LogP contribution in [-0.2, 0) is 11.3 Å². The summed E-state index contributed by atoms with van der Waals surface area (Å²) in [5.41, 5.74) is 1.36. The third-order valence-corrected chi connectivity index (χ3v) is 4.18. The number of nitrogens with zero attached hydrogens (tertiary/aromatic N) is 1. The van der Waals surface area contributed by atoms with E-state index in [1.807, 2.05) is 0 Å². The molecule has 0 N–H and O–H groups in total. The maximum Gasteiger partial charge on any atom is 0.283 e. The number of carboxylic acid groups (broad SMARTS) is 1. The Morgan fingerprint density at radius 3 is 2.60 bits per heavy atom. The summed E-state index contributed by atoms with van der Waals surface area (Å²) >= 11 is 3.20. The normalized spacial score (nSPS) is 15.2. The molecule has 0 saturated heterocycles. The molecule has 20 heavy (non-hydrogen) atoms. The summed E-state index contributed by atoms with van der Waals surface area (Å²) in [7, 11) is 0. The first-order valence-corrected chi connectivity index (χ1v) is 7.09. The molecule has 1 aliphatic carbocycles. The van der Waals surface area contributed by atoms with Crippen LogP contribution in [0.4, 0.5) is 10.5 Å². The van der Waals surface area contributed by atoms with Crippen molar-refractivity contribution >= 4 is 27.8 Å². The van der Waals surface area contributed by atoms with Gasteiger partial charge in [-0.15, -0.1) is 0 Å². The van der Waals surface area contributed by atoms with Crippen molar-refractivity contribution in [2.45, 2.75) is 38.2 Å². The first kappa shape index (κ1) is 14.8. The van der Waals surface area contributed by atoms with Crippen molar-refractivity contribution in [2.24, 2.45) is 0 Å². The van der Waals surface area contributed by atoms with Gasteiger partial charge in [-0.2, -0.15) is 0 Å². The molecule has 6 nitrogen and oxygen atoms in total. The lowest BCUT2D eigenvalue weighted by Gasteiger charge is -2.18. The molecule has 1 aromatic rings. The van der Waals surface area contributed by atoms with Gasteiger partial charge in [0, 0.05) is 6.07 Å². The molecule has 2 rings (SSSR count). The molecule has 0 amide bonds. The lowest BCUT2D eigenvalue weighted by molar-refractivity contribution is -0.385. The highest BCUT2D eigenvalue weighted by Gasteiger charge is 2.23. The Hall–Kier alpha value is -1.63. The number of carbonyl (C=O) groups is 1. The zero-order chi connectivity index (χ0) is 14.7. The van der Waals surface area contributed by atoms with E-state index < -0.39 is 11.1 Å². The Labute approximate surface area is 124 Å². The topological polar surface area (TPSA) is 92.5 Å². The highest BCUT2D eigenvalue weighted by Crippen LogP contribution is 2.39. The van der Waals surface area contributed by atoms with Gasteiger partial charge in [0.2, 0.25) is 0 Å². The monoisotopic (exact) mass is 342 g/mol. The maximum atomic E-state index is 11.0. The molecule has 0 heterocycles. The highest BCUT2D eigenvalue weighted by molar-refractivity contribution is 9.10. The first-order chi connectivity index (χ1) is 9.49. The van der Waals surface area contributed by atoms with E-state index in [1.165, 1.54) is 6.07 Å². The van der Waals surface area contributed by atoms with Crippen LogP contribution in [0.3, 0.4) is 0 Å². The molecule has 0 bridgehead atoms. The quantitative estimate of drug-likeness (QED) is 0.476. The van der Waals surface area contributed by atoms with Gasteiger partial charge in [-0.25, -0.2) is 0 Å². The lowest BCUT2D eigenvalue weighted by Crippen LogP contribution is -2.23. The number of hydrogen-bond acceptors (Lipinski definition) is 5. The number of rotatable bonds is 4. The minimum atomic E-state index is -1.63. The maximum absolute atomic E-state index is 11.0. The fraction of sp³-hybridized carbons (Fsp3) is 0.462. The molecular weight excluding hydrogens is 330 g/mol.